The van der Waals surface area contributed by atoms with Crippen LogP contribution in [0.15, 0.2) is 54.9 Å². The summed E-state index contributed by atoms with van der Waals surface area (Å²) in [4.78, 5) is 25.4. The molecule has 0 amide bonds. The van der Waals surface area contributed by atoms with E-state index < -0.39 is 0 Å². The highest BCUT2D eigenvalue weighted by Gasteiger charge is 2.20. The summed E-state index contributed by atoms with van der Waals surface area (Å²) in [5, 5.41) is 1.06. The molecule has 0 atom stereocenters. The molecule has 5 aromatic heterocycles. The topological polar surface area (TPSA) is 74.3 Å². The molecule has 0 saturated heterocycles. The Morgan fingerprint density at radius 3 is 2.59 bits per heavy atom. The minimum atomic E-state index is 0.525. The van der Waals surface area contributed by atoms with Crippen molar-refractivity contribution in [2.45, 2.75) is 26.8 Å². The van der Waals surface area contributed by atoms with E-state index in [1.165, 1.54) is 0 Å². The Kier molecular flexibility index (Phi) is 4.93. The highest BCUT2D eigenvalue weighted by molar-refractivity contribution is 5.85. The summed E-state index contributed by atoms with van der Waals surface area (Å²) in [5.41, 5.74) is 7.02. The van der Waals surface area contributed by atoms with Crippen LogP contribution in [0.3, 0.4) is 0 Å². The van der Waals surface area contributed by atoms with E-state index in [1.807, 2.05) is 23.5 Å². The van der Waals surface area contributed by atoms with Gasteiger partial charge in [0.25, 0.3) is 0 Å². The van der Waals surface area contributed by atoms with Gasteiger partial charge in [-0.25, -0.2) is 9.97 Å². The molecule has 0 aliphatic heterocycles. The van der Waals surface area contributed by atoms with Crippen molar-refractivity contribution in [2.75, 3.05) is 7.11 Å². The molecule has 5 rings (SSSR count). The minimum Gasteiger partial charge on any atom is -0.482 e. The molecule has 0 N–H and O–H groups in total. The van der Waals surface area contributed by atoms with Gasteiger partial charge in [0.2, 0.25) is 0 Å². The van der Waals surface area contributed by atoms with Crippen LogP contribution < -0.4 is 4.74 Å². The summed E-state index contributed by atoms with van der Waals surface area (Å²) < 4.78 is 9.69. The molecule has 32 heavy (non-hydrogen) atoms. The van der Waals surface area contributed by atoms with Gasteiger partial charge >= 0.3 is 0 Å². The summed E-state index contributed by atoms with van der Waals surface area (Å²) in [6, 6.07) is 13.8. The number of carbonyl (C=O) groups is 1. The number of rotatable bonds is 6. The Balaban J connectivity index is 1.78. The molecule has 0 aliphatic carbocycles. The van der Waals surface area contributed by atoms with Gasteiger partial charge in [-0.15, -0.1) is 0 Å². The first kappa shape index (κ1) is 19.9. The Morgan fingerprint density at radius 2 is 1.88 bits per heavy atom. The van der Waals surface area contributed by atoms with Crippen LogP contribution in [0.25, 0.3) is 28.1 Å². The van der Waals surface area contributed by atoms with E-state index in [2.05, 4.69) is 34.7 Å². The summed E-state index contributed by atoms with van der Waals surface area (Å²) in [6.45, 7) is 4.76. The van der Waals surface area contributed by atoms with Gasteiger partial charge in [0.1, 0.15) is 23.3 Å². The van der Waals surface area contributed by atoms with Crippen molar-refractivity contribution < 1.29 is 9.53 Å². The molecule has 0 spiro atoms. The van der Waals surface area contributed by atoms with Crippen LogP contribution in [-0.2, 0) is 13.0 Å². The number of aromatic nitrogens is 5. The van der Waals surface area contributed by atoms with Crippen molar-refractivity contribution >= 4 is 23.0 Å². The van der Waals surface area contributed by atoms with E-state index in [-0.39, 0.29) is 0 Å². The SMILES string of the molecule is CCc1ccc2cc(-c3nc4cc(C=O)cc(OC)n4c3C)n(Cc3ccncc3)c2n1. The standard InChI is InChI=1S/C25H23N5O2/c1-4-20-6-5-19-13-21(29(25(19)27-20)14-17-7-9-26-10-8-17)24-16(2)30-22(28-24)11-18(15-31)12-23(30)32-3/h5-13,15H,4,14H2,1-3H3. The first-order valence-electron chi connectivity index (χ1n) is 10.5. The highest BCUT2D eigenvalue weighted by Crippen LogP contribution is 2.32. The van der Waals surface area contributed by atoms with Gasteiger partial charge in [-0.05, 0) is 55.3 Å². The fraction of sp³-hybridized carbons (Fsp3) is 0.200. The molecule has 0 aliphatic rings. The second-order valence-electron chi connectivity index (χ2n) is 7.73. The maximum Gasteiger partial charge on any atom is 0.199 e. The average Bonchev–Trinajstić information content (AvgIpc) is 3.35. The maximum atomic E-state index is 11.4. The third kappa shape index (κ3) is 3.22. The normalized spacial score (nSPS) is 11.3. The fourth-order valence-corrected chi connectivity index (χ4v) is 4.15. The molecule has 0 saturated carbocycles. The lowest BCUT2D eigenvalue weighted by Crippen LogP contribution is -2.04. The smallest absolute Gasteiger partial charge is 0.199 e. The minimum absolute atomic E-state index is 0.525. The van der Waals surface area contributed by atoms with Crippen molar-refractivity contribution in [3.8, 4) is 17.3 Å². The number of aryl methyl sites for hydroxylation is 2. The highest BCUT2D eigenvalue weighted by atomic mass is 16.5. The van der Waals surface area contributed by atoms with Crippen LogP contribution in [0.4, 0.5) is 0 Å². The summed E-state index contributed by atoms with van der Waals surface area (Å²) in [5.74, 6) is 0.573. The zero-order valence-corrected chi connectivity index (χ0v) is 18.2. The van der Waals surface area contributed by atoms with Crippen molar-refractivity contribution in [3.05, 3.63) is 77.4 Å². The van der Waals surface area contributed by atoms with Crippen LogP contribution in [-0.4, -0.2) is 37.3 Å². The molecule has 5 aromatic rings. The summed E-state index contributed by atoms with van der Waals surface area (Å²) in [7, 11) is 1.60. The number of carbonyl (C=O) groups excluding carboxylic acids is 1. The second-order valence-corrected chi connectivity index (χ2v) is 7.73. The average molecular weight is 425 g/mol. The van der Waals surface area contributed by atoms with Crippen molar-refractivity contribution in [2.24, 2.45) is 0 Å². The number of pyridine rings is 3. The van der Waals surface area contributed by atoms with Crippen LogP contribution in [0.2, 0.25) is 0 Å². The quantitative estimate of drug-likeness (QED) is 0.375. The molecular formula is C25H23N5O2. The molecule has 160 valence electrons. The molecular weight excluding hydrogens is 402 g/mol. The summed E-state index contributed by atoms with van der Waals surface area (Å²) in [6.07, 6.45) is 5.27. The first-order valence-corrected chi connectivity index (χ1v) is 10.5. The molecule has 0 radical (unpaired) electrons. The van der Waals surface area contributed by atoms with Crippen LogP contribution >= 0.6 is 0 Å². The van der Waals surface area contributed by atoms with E-state index >= 15 is 0 Å². The second kappa shape index (κ2) is 7.92. The van der Waals surface area contributed by atoms with Crippen LogP contribution in [0.1, 0.15) is 34.2 Å². The maximum absolute atomic E-state index is 11.4. The van der Waals surface area contributed by atoms with Gasteiger partial charge in [0.05, 0.1) is 18.5 Å². The number of methoxy groups -OCH3 is 1. The van der Waals surface area contributed by atoms with Crippen molar-refractivity contribution in [1.29, 1.82) is 0 Å². The van der Waals surface area contributed by atoms with Gasteiger partial charge in [0.15, 0.2) is 5.88 Å². The van der Waals surface area contributed by atoms with Gasteiger partial charge in [-0.3, -0.25) is 14.2 Å². The fourth-order valence-electron chi connectivity index (χ4n) is 4.15. The van der Waals surface area contributed by atoms with Gasteiger partial charge in [-0.2, -0.15) is 0 Å². The zero-order chi connectivity index (χ0) is 22.2. The number of hydrogen-bond donors (Lipinski definition) is 0. The number of ether oxygens (including phenoxy) is 1. The number of imidazole rings is 1. The Labute approximate surface area is 185 Å². The molecule has 0 aromatic carbocycles. The number of fused-ring (bicyclic) bond motifs is 2. The van der Waals surface area contributed by atoms with E-state index in [1.54, 1.807) is 31.6 Å². The van der Waals surface area contributed by atoms with Crippen molar-refractivity contribution in [3.63, 3.8) is 0 Å². The van der Waals surface area contributed by atoms with E-state index in [0.717, 1.165) is 52.1 Å². The lowest BCUT2D eigenvalue weighted by molar-refractivity contribution is 0.112. The van der Waals surface area contributed by atoms with E-state index in [4.69, 9.17) is 14.7 Å². The predicted octanol–water partition coefficient (Wildman–Crippen LogP) is 4.49. The van der Waals surface area contributed by atoms with Gasteiger partial charge < -0.3 is 9.30 Å². The molecule has 7 nitrogen and oxygen atoms in total. The molecule has 0 unspecified atom stereocenters. The third-order valence-corrected chi connectivity index (χ3v) is 5.78. The van der Waals surface area contributed by atoms with Crippen LogP contribution in [0.5, 0.6) is 5.88 Å². The number of nitrogens with zero attached hydrogens (tertiary/aromatic N) is 5. The summed E-state index contributed by atoms with van der Waals surface area (Å²) >= 11 is 0. The number of aldehydes is 1. The van der Waals surface area contributed by atoms with Crippen LogP contribution in [0, 0.1) is 6.92 Å². The van der Waals surface area contributed by atoms with E-state index in [0.29, 0.717) is 23.6 Å². The Hall–Kier alpha value is -4.00. The Morgan fingerprint density at radius 1 is 1.06 bits per heavy atom. The first-order chi connectivity index (χ1) is 15.6. The van der Waals surface area contributed by atoms with Crippen molar-refractivity contribution in [1.82, 2.24) is 23.9 Å². The monoisotopic (exact) mass is 425 g/mol. The Bertz CT molecular complexity index is 1450. The predicted molar refractivity (Wildman–Crippen MR) is 123 cm³/mol. The lowest BCUT2D eigenvalue weighted by atomic mass is 10.2. The van der Waals surface area contributed by atoms with Gasteiger partial charge in [-0.1, -0.05) is 6.92 Å². The third-order valence-electron chi connectivity index (χ3n) is 5.78. The largest absolute Gasteiger partial charge is 0.482 e. The van der Waals surface area contributed by atoms with E-state index in [9.17, 15) is 4.79 Å². The molecule has 7 heteroatoms. The molecule has 0 bridgehead atoms. The zero-order valence-electron chi connectivity index (χ0n) is 18.2. The molecule has 5 heterocycles. The van der Waals surface area contributed by atoms with Gasteiger partial charge in [0, 0.05) is 41.6 Å². The number of hydrogen-bond acceptors (Lipinski definition) is 5. The molecule has 0 fully saturated rings. The lowest BCUT2D eigenvalue weighted by Gasteiger charge is -2.11.